The molecular weight excluding hydrogens is 1490 g/mol. The highest BCUT2D eigenvalue weighted by atomic mass is 16.2. The number of nitrogens with two attached hydrogens (primary N) is 5. The number of nitrogens with one attached hydrogen (secondary N) is 1. The van der Waals surface area contributed by atoms with Crippen LogP contribution in [0.5, 0.6) is 0 Å². The van der Waals surface area contributed by atoms with E-state index in [4.69, 9.17) is 28.7 Å². The van der Waals surface area contributed by atoms with Gasteiger partial charge >= 0.3 is 0 Å². The molecule has 0 aliphatic carbocycles. The van der Waals surface area contributed by atoms with E-state index in [1.54, 1.807) is 200 Å². The normalized spacial score (nSPS) is 10.8. The van der Waals surface area contributed by atoms with Crippen LogP contribution in [0, 0.1) is 0 Å². The van der Waals surface area contributed by atoms with Crippen molar-refractivity contribution < 1.29 is 57.5 Å². The first-order chi connectivity index (χ1) is 56.7. The molecule has 11 N–H and O–H groups in total. The maximum atomic E-state index is 15.3. The molecule has 0 fully saturated rings. The molecule has 8 aromatic rings. The first-order valence-corrected chi connectivity index (χ1v) is 38.9. The van der Waals surface area contributed by atoms with E-state index >= 15 is 24.0 Å². The van der Waals surface area contributed by atoms with Gasteiger partial charge in [0.2, 0.25) is 70.9 Å². The summed E-state index contributed by atoms with van der Waals surface area (Å²) in [6, 6.07) is 71.2. The van der Waals surface area contributed by atoms with Crippen LogP contribution < -0.4 is 34.0 Å². The highest BCUT2D eigenvalue weighted by Crippen LogP contribution is 2.18. The van der Waals surface area contributed by atoms with Gasteiger partial charge < -0.3 is 87.9 Å². The standard InChI is InChI=1S/C88H107N17O12/c89-41-45-94-49-78(107)99(51-70-27-11-2-12-28-70)65-86(115)100(52-71-29-13-3-14-30-71)62-79(108)96(47-43-91)60-83(112)104(56-75-37-21-7-22-38-75)67-88(117)102(54-73-33-17-5-18-34-73)64-81(110)97(48-44-92)61-84(113)105(57-76-39-23-8-24-40-76)68-87(116)101(53-72-31-15-4-16-32-72)63-80(109)95(46-42-90)59-82(111)103(55-74-35-19-6-20-36-74)66-85(114)98(58-77(93)106)50-69-25-9-1-10-26-69/h1-40,94H,41-68,89-92H2,(H2,93,106). The first kappa shape index (κ1) is 89.7. The van der Waals surface area contributed by atoms with Crippen molar-refractivity contribution in [2.45, 2.75) is 52.4 Å². The number of amides is 12. The zero-order valence-electron chi connectivity index (χ0n) is 66.1. The van der Waals surface area contributed by atoms with Gasteiger partial charge in [-0.2, -0.15) is 0 Å². The summed E-state index contributed by atoms with van der Waals surface area (Å²) >= 11 is 0. The Morgan fingerprint density at radius 1 is 0.205 bits per heavy atom. The molecule has 0 bridgehead atoms. The molecule has 0 radical (unpaired) electrons. The molecule has 616 valence electrons. The van der Waals surface area contributed by atoms with E-state index < -0.39 is 137 Å². The second-order valence-corrected chi connectivity index (χ2v) is 28.1. The van der Waals surface area contributed by atoms with E-state index in [2.05, 4.69) is 5.32 Å². The molecule has 0 aliphatic rings. The van der Waals surface area contributed by atoms with Crippen LogP contribution in [-0.4, -0.2) is 256 Å². The maximum absolute atomic E-state index is 15.3. The number of carbonyl (C=O) groups is 12. The SMILES string of the molecule is NCCNCC(=O)N(CC(=O)N(CC(=O)N(CCN)CC(=O)N(CC(=O)N(CC(=O)N(CCN)CC(=O)N(CC(=O)N(CC(=O)N(CCN)CC(=O)N(CC(=O)N(CC(N)=O)Cc1ccccc1)Cc1ccccc1)Cc1ccccc1)Cc1ccccc1)Cc1ccccc1)Cc1ccccc1)Cc1ccccc1)Cc1ccccc1. The van der Waals surface area contributed by atoms with Crippen molar-refractivity contribution in [3.63, 3.8) is 0 Å². The van der Waals surface area contributed by atoms with Gasteiger partial charge in [0.05, 0.1) is 32.7 Å². The Morgan fingerprint density at radius 3 is 0.521 bits per heavy atom. The van der Waals surface area contributed by atoms with Gasteiger partial charge in [0.25, 0.3) is 0 Å². The molecule has 0 heterocycles. The molecule has 0 aromatic heterocycles. The lowest BCUT2D eigenvalue weighted by atomic mass is 10.2. The number of hydrogen-bond donors (Lipinski definition) is 6. The lowest BCUT2D eigenvalue weighted by molar-refractivity contribution is -0.150. The fourth-order valence-corrected chi connectivity index (χ4v) is 12.9. The monoisotopic (exact) mass is 1590 g/mol. The average Bonchev–Trinajstić information content (AvgIpc) is 0.847. The van der Waals surface area contributed by atoms with E-state index in [9.17, 15) is 33.6 Å². The van der Waals surface area contributed by atoms with Crippen LogP contribution in [-0.2, 0) is 110 Å². The number of hydrogen-bond acceptors (Lipinski definition) is 17. The second kappa shape index (κ2) is 48.4. The van der Waals surface area contributed by atoms with Crippen molar-refractivity contribution in [1.29, 1.82) is 0 Å². The summed E-state index contributed by atoms with van der Waals surface area (Å²) in [5.41, 5.74) is 35.1. The smallest absolute Gasteiger partial charge is 0.242 e. The molecule has 8 aromatic carbocycles. The number of primary amides is 1. The number of benzene rings is 8. The molecule has 117 heavy (non-hydrogen) atoms. The van der Waals surface area contributed by atoms with Crippen LogP contribution in [0.25, 0.3) is 0 Å². The second-order valence-electron chi connectivity index (χ2n) is 28.1. The van der Waals surface area contributed by atoms with Gasteiger partial charge in [0.15, 0.2) is 0 Å². The summed E-state index contributed by atoms with van der Waals surface area (Å²) in [6.07, 6.45) is 0. The van der Waals surface area contributed by atoms with Crippen molar-refractivity contribution in [3.05, 3.63) is 287 Å². The van der Waals surface area contributed by atoms with Crippen LogP contribution in [0.15, 0.2) is 243 Å². The maximum Gasteiger partial charge on any atom is 0.242 e. The van der Waals surface area contributed by atoms with Crippen molar-refractivity contribution >= 4 is 70.9 Å². The van der Waals surface area contributed by atoms with Crippen LogP contribution in [0.3, 0.4) is 0 Å². The molecule has 0 unspecified atom stereocenters. The Kier molecular flexibility index (Phi) is 37.1. The van der Waals surface area contributed by atoms with E-state index in [1.807, 2.05) is 42.5 Å². The van der Waals surface area contributed by atoms with E-state index in [-0.39, 0.29) is 111 Å². The highest BCUT2D eigenvalue weighted by Gasteiger charge is 2.34. The molecule has 0 aliphatic heterocycles. The van der Waals surface area contributed by atoms with Gasteiger partial charge in [-0.1, -0.05) is 243 Å². The molecule has 29 heteroatoms. The molecule has 12 amide bonds. The third-order valence-electron chi connectivity index (χ3n) is 19.0. The molecule has 0 atom stereocenters. The average molecular weight is 1590 g/mol. The summed E-state index contributed by atoms with van der Waals surface area (Å²) in [5, 5.41) is 3.00. The van der Waals surface area contributed by atoms with E-state index in [0.29, 0.717) is 45.5 Å². The van der Waals surface area contributed by atoms with Gasteiger partial charge in [-0.15, -0.1) is 0 Å². The van der Waals surface area contributed by atoms with Crippen molar-refractivity contribution in [3.8, 4) is 0 Å². The van der Waals surface area contributed by atoms with Gasteiger partial charge in [0.1, 0.15) is 45.8 Å². The van der Waals surface area contributed by atoms with Gasteiger partial charge in [0, 0.05) is 105 Å². The van der Waals surface area contributed by atoms with E-state index in [1.165, 1.54) is 53.9 Å². The third kappa shape index (κ3) is 30.8. The Hall–Kier alpha value is -12.8. The zero-order chi connectivity index (χ0) is 83.7. The van der Waals surface area contributed by atoms with Crippen LogP contribution in [0.4, 0.5) is 0 Å². The van der Waals surface area contributed by atoms with E-state index in [0.717, 1.165) is 5.56 Å². The Morgan fingerprint density at radius 2 is 0.359 bits per heavy atom. The number of carbonyl (C=O) groups excluding carboxylic acids is 12. The largest absolute Gasteiger partial charge is 0.368 e. The van der Waals surface area contributed by atoms with Crippen molar-refractivity contribution in [1.82, 2.24) is 59.2 Å². The number of rotatable bonds is 48. The summed E-state index contributed by atoms with van der Waals surface area (Å²) < 4.78 is 0. The first-order valence-electron chi connectivity index (χ1n) is 38.9. The Bertz CT molecular complexity index is 4480. The van der Waals surface area contributed by atoms with Crippen molar-refractivity contribution in [2.75, 3.05) is 131 Å². The minimum absolute atomic E-state index is 0.0193. The summed E-state index contributed by atoms with van der Waals surface area (Å²) in [5.74, 6) is -7.76. The molecule has 0 saturated carbocycles. The summed E-state index contributed by atoms with van der Waals surface area (Å²) in [6.45, 7) is -6.98. The van der Waals surface area contributed by atoms with Gasteiger partial charge in [-0.25, -0.2) is 0 Å². The topological polar surface area (TPSA) is 383 Å². The molecule has 0 saturated heterocycles. The molecule has 0 spiro atoms. The fourth-order valence-electron chi connectivity index (χ4n) is 12.9. The minimum atomic E-state index is -0.765. The highest BCUT2D eigenvalue weighted by molar-refractivity contribution is 5.95. The third-order valence-corrected chi connectivity index (χ3v) is 19.0. The number of nitrogens with zero attached hydrogens (tertiary/aromatic N) is 11. The van der Waals surface area contributed by atoms with Crippen LogP contribution in [0.2, 0.25) is 0 Å². The van der Waals surface area contributed by atoms with Crippen molar-refractivity contribution in [2.24, 2.45) is 28.7 Å². The van der Waals surface area contributed by atoms with Crippen LogP contribution >= 0.6 is 0 Å². The fraction of sp³-hybridized carbons (Fsp3) is 0.318. The van der Waals surface area contributed by atoms with Gasteiger partial charge in [-0.05, 0) is 44.5 Å². The Balaban J connectivity index is 1.02. The van der Waals surface area contributed by atoms with Crippen LogP contribution in [0.1, 0.15) is 44.5 Å². The lowest BCUT2D eigenvalue weighted by Crippen LogP contribution is -2.53. The molecular formula is C88H107N17O12. The zero-order valence-corrected chi connectivity index (χ0v) is 66.1. The Labute approximate surface area is 683 Å². The predicted molar refractivity (Wildman–Crippen MR) is 443 cm³/mol. The summed E-state index contributed by atoms with van der Waals surface area (Å²) in [7, 11) is 0. The summed E-state index contributed by atoms with van der Waals surface area (Å²) in [4.78, 5) is 189. The lowest BCUT2D eigenvalue weighted by Gasteiger charge is -2.33. The quantitative estimate of drug-likeness (QED) is 0.0299. The minimum Gasteiger partial charge on any atom is -0.368 e. The predicted octanol–water partition coefficient (Wildman–Crippen LogP) is 2.61. The van der Waals surface area contributed by atoms with Gasteiger partial charge in [-0.3, -0.25) is 57.5 Å². The molecule has 29 nitrogen and oxygen atoms in total. The molecule has 8 rings (SSSR count).